The van der Waals surface area contributed by atoms with Gasteiger partial charge in [-0.25, -0.2) is 5.43 Å². The molecule has 0 saturated carbocycles. The Morgan fingerprint density at radius 3 is 2.41 bits per heavy atom. The summed E-state index contributed by atoms with van der Waals surface area (Å²) in [5.74, 6) is 0.319. The lowest BCUT2D eigenvalue weighted by Gasteiger charge is -2.13. The number of rotatable bonds is 4. The van der Waals surface area contributed by atoms with Crippen LogP contribution in [0.5, 0.6) is 0 Å². The van der Waals surface area contributed by atoms with E-state index in [-0.39, 0.29) is 17.6 Å². The summed E-state index contributed by atoms with van der Waals surface area (Å²) >= 11 is 0. The van der Waals surface area contributed by atoms with Gasteiger partial charge in [-0.05, 0) is 44.0 Å². The molecule has 0 spiro atoms. The van der Waals surface area contributed by atoms with Crippen LogP contribution in [0.3, 0.4) is 0 Å². The average Bonchev–Trinajstić information content (AvgIpc) is 3.10. The number of pyridine rings is 2. The Kier molecular flexibility index (Phi) is 5.15. The van der Waals surface area contributed by atoms with Crippen LogP contribution in [0, 0.1) is 6.92 Å². The zero-order chi connectivity index (χ0) is 20.2. The third kappa shape index (κ3) is 3.91. The van der Waals surface area contributed by atoms with E-state index in [0.29, 0.717) is 34.7 Å². The molecule has 3 aromatic rings. The highest BCUT2D eigenvalue weighted by molar-refractivity contribution is 6.09. The highest BCUT2D eigenvalue weighted by Crippen LogP contribution is 2.30. The first-order valence-electron chi connectivity index (χ1n) is 9.24. The number of carbonyl (C=O) groups is 2. The maximum Gasteiger partial charge on any atom is 0.291 e. The second kappa shape index (κ2) is 8.05. The quantitative estimate of drug-likeness (QED) is 0.667. The summed E-state index contributed by atoms with van der Waals surface area (Å²) in [6, 6.07) is 6.65. The van der Waals surface area contributed by atoms with Crippen LogP contribution in [0.25, 0.3) is 0 Å². The summed E-state index contributed by atoms with van der Waals surface area (Å²) in [7, 11) is 0. The fourth-order valence-electron chi connectivity index (χ4n) is 3.31. The molecule has 3 heterocycles. The van der Waals surface area contributed by atoms with Crippen LogP contribution >= 0.6 is 0 Å². The molecule has 1 aliphatic carbocycles. The summed E-state index contributed by atoms with van der Waals surface area (Å²) in [6.07, 6.45) is 8.54. The van der Waals surface area contributed by atoms with Crippen LogP contribution in [0.15, 0.2) is 58.6 Å². The first-order valence-corrected chi connectivity index (χ1v) is 9.24. The number of fused-ring (bicyclic) bond motifs is 1. The van der Waals surface area contributed by atoms with E-state index in [9.17, 15) is 9.59 Å². The zero-order valence-electron chi connectivity index (χ0n) is 15.8. The third-order valence-corrected chi connectivity index (χ3v) is 4.71. The molecule has 0 bridgehead atoms. The van der Waals surface area contributed by atoms with Crippen LogP contribution in [0.1, 0.15) is 50.6 Å². The van der Waals surface area contributed by atoms with E-state index in [1.165, 1.54) is 0 Å². The molecule has 0 aliphatic heterocycles. The molecule has 0 saturated heterocycles. The van der Waals surface area contributed by atoms with Crippen molar-refractivity contribution in [3.8, 4) is 0 Å². The van der Waals surface area contributed by atoms with Crippen LogP contribution in [0.2, 0.25) is 0 Å². The minimum Gasteiger partial charge on any atom is -0.455 e. The fraction of sp³-hybridized carbons (Fsp3) is 0.190. The number of hydrogen-bond donors (Lipinski definition) is 2. The highest BCUT2D eigenvalue weighted by atomic mass is 16.4. The van der Waals surface area contributed by atoms with Crippen molar-refractivity contribution in [1.82, 2.24) is 15.4 Å². The van der Waals surface area contributed by atoms with Gasteiger partial charge in [0.1, 0.15) is 5.76 Å². The average molecular weight is 389 g/mol. The molecular weight excluding hydrogens is 370 g/mol. The molecule has 29 heavy (non-hydrogen) atoms. The molecule has 0 radical (unpaired) electrons. The first kappa shape index (κ1) is 18.5. The van der Waals surface area contributed by atoms with Gasteiger partial charge >= 0.3 is 0 Å². The van der Waals surface area contributed by atoms with Crippen molar-refractivity contribution < 1.29 is 14.0 Å². The molecule has 0 unspecified atom stereocenters. The van der Waals surface area contributed by atoms with E-state index >= 15 is 0 Å². The van der Waals surface area contributed by atoms with Gasteiger partial charge in [0.15, 0.2) is 5.76 Å². The van der Waals surface area contributed by atoms with Gasteiger partial charge in [0.2, 0.25) is 0 Å². The summed E-state index contributed by atoms with van der Waals surface area (Å²) in [4.78, 5) is 32.8. The number of hydrogen-bond acceptors (Lipinski definition) is 6. The molecule has 1 aliphatic rings. The first-order chi connectivity index (χ1) is 14.1. The van der Waals surface area contributed by atoms with E-state index in [0.717, 1.165) is 18.4 Å². The van der Waals surface area contributed by atoms with Gasteiger partial charge in [0.05, 0.1) is 5.71 Å². The lowest BCUT2D eigenvalue weighted by Crippen LogP contribution is -2.22. The van der Waals surface area contributed by atoms with E-state index in [1.807, 2.05) is 6.92 Å². The predicted octanol–water partition coefficient (Wildman–Crippen LogP) is 3.10. The molecule has 8 nitrogen and oxygen atoms in total. The number of carbonyl (C=O) groups excluding carboxylic acids is 2. The molecule has 0 fully saturated rings. The molecule has 2 amide bonds. The maximum atomic E-state index is 12.7. The molecule has 146 valence electrons. The Balaban J connectivity index is 1.57. The summed E-state index contributed by atoms with van der Waals surface area (Å²) in [5.41, 5.74) is 5.91. The van der Waals surface area contributed by atoms with Crippen molar-refractivity contribution in [3.05, 3.63) is 77.3 Å². The molecule has 0 atom stereocenters. The molecule has 2 N–H and O–H groups in total. The second-order valence-corrected chi connectivity index (χ2v) is 6.63. The van der Waals surface area contributed by atoms with E-state index in [4.69, 9.17) is 4.42 Å². The Bertz CT molecular complexity index is 1070. The highest BCUT2D eigenvalue weighted by Gasteiger charge is 2.28. The van der Waals surface area contributed by atoms with Crippen molar-refractivity contribution in [2.45, 2.75) is 26.2 Å². The second-order valence-electron chi connectivity index (χ2n) is 6.63. The van der Waals surface area contributed by atoms with E-state index in [2.05, 4.69) is 25.8 Å². The largest absolute Gasteiger partial charge is 0.455 e. The lowest BCUT2D eigenvalue weighted by atomic mass is 9.93. The Morgan fingerprint density at radius 2 is 1.69 bits per heavy atom. The minimum absolute atomic E-state index is 0.252. The Morgan fingerprint density at radius 1 is 1.00 bits per heavy atom. The molecular formula is C21H19N5O3. The SMILES string of the molecule is Cc1c(C(=O)Nc2ccncc2)oc2c1/C(=N/NC(=O)c1ccncc1)CCC2. The van der Waals surface area contributed by atoms with Gasteiger partial charge in [-0.2, -0.15) is 5.10 Å². The van der Waals surface area contributed by atoms with Crippen LogP contribution < -0.4 is 10.7 Å². The molecule has 8 heteroatoms. The predicted molar refractivity (Wildman–Crippen MR) is 107 cm³/mol. The van der Waals surface area contributed by atoms with Crippen molar-refractivity contribution in [1.29, 1.82) is 0 Å². The number of aryl methyl sites for hydroxylation is 1. The monoisotopic (exact) mass is 389 g/mol. The van der Waals surface area contributed by atoms with Crippen molar-refractivity contribution in [3.63, 3.8) is 0 Å². The Labute approximate surface area is 167 Å². The molecule has 0 aromatic carbocycles. The number of nitrogens with zero attached hydrogens (tertiary/aromatic N) is 3. The number of amides is 2. The molecule has 4 rings (SSSR count). The van der Waals surface area contributed by atoms with Crippen molar-refractivity contribution in [2.75, 3.05) is 5.32 Å². The smallest absolute Gasteiger partial charge is 0.291 e. The summed E-state index contributed by atoms with van der Waals surface area (Å²) in [5, 5.41) is 7.12. The van der Waals surface area contributed by atoms with Crippen molar-refractivity contribution >= 4 is 23.2 Å². The lowest BCUT2D eigenvalue weighted by molar-refractivity contribution is 0.0953. The Hall–Kier alpha value is -3.81. The number of anilines is 1. The minimum atomic E-state index is -0.330. The van der Waals surface area contributed by atoms with Crippen molar-refractivity contribution in [2.24, 2.45) is 5.10 Å². The topological polar surface area (TPSA) is 109 Å². The third-order valence-electron chi connectivity index (χ3n) is 4.71. The number of nitrogens with one attached hydrogen (secondary N) is 2. The van der Waals surface area contributed by atoms with E-state index < -0.39 is 0 Å². The number of furan rings is 1. The number of hydrazone groups is 1. The van der Waals surface area contributed by atoms with Gasteiger partial charge in [-0.3, -0.25) is 19.6 Å². The van der Waals surface area contributed by atoms with E-state index in [1.54, 1.807) is 49.1 Å². The van der Waals surface area contributed by atoms with Crippen LogP contribution in [0.4, 0.5) is 5.69 Å². The van der Waals surface area contributed by atoms with Crippen LogP contribution in [-0.2, 0) is 6.42 Å². The summed E-state index contributed by atoms with van der Waals surface area (Å²) < 4.78 is 5.86. The van der Waals surface area contributed by atoms with Gasteiger partial charge < -0.3 is 9.73 Å². The maximum absolute atomic E-state index is 12.7. The van der Waals surface area contributed by atoms with Gasteiger partial charge in [0, 0.05) is 53.6 Å². The zero-order valence-corrected chi connectivity index (χ0v) is 15.8. The normalized spacial score (nSPS) is 14.3. The van der Waals surface area contributed by atoms with Gasteiger partial charge in [-0.15, -0.1) is 0 Å². The fourth-order valence-corrected chi connectivity index (χ4v) is 3.31. The van der Waals surface area contributed by atoms with Crippen LogP contribution in [-0.4, -0.2) is 27.5 Å². The number of aromatic nitrogens is 2. The van der Waals surface area contributed by atoms with Gasteiger partial charge in [-0.1, -0.05) is 0 Å². The summed E-state index contributed by atoms with van der Waals surface area (Å²) in [6.45, 7) is 1.83. The molecule has 3 aromatic heterocycles. The van der Waals surface area contributed by atoms with Gasteiger partial charge in [0.25, 0.3) is 11.8 Å². The standard InChI is InChI=1S/C21H19N5O3/c1-13-18-16(25-26-20(27)14-5-9-22-10-6-14)3-2-4-17(18)29-19(13)21(28)24-15-7-11-23-12-8-15/h5-12H,2-4H2,1H3,(H,26,27)(H,23,24,28)/b25-16+.